The Morgan fingerprint density at radius 1 is 1.23 bits per heavy atom. The number of rotatable bonds is 7. The first-order valence-electron chi connectivity index (χ1n) is 7.58. The summed E-state index contributed by atoms with van der Waals surface area (Å²) >= 11 is 0. The maximum absolute atomic E-state index is 12.4. The van der Waals surface area contributed by atoms with Gasteiger partial charge in [0.25, 0.3) is 5.91 Å². The molecule has 1 amide bonds. The molecule has 0 saturated carbocycles. The second kappa shape index (κ2) is 7.21. The third-order valence-corrected chi connectivity index (χ3v) is 5.94. The van der Waals surface area contributed by atoms with Crippen LogP contribution < -0.4 is 10.6 Å². The Balaban J connectivity index is 2.04. The van der Waals surface area contributed by atoms with Gasteiger partial charge in [-0.3, -0.25) is 4.79 Å². The molecule has 1 saturated heterocycles. The standard InChI is InChI=1S/C15H23N3O3S/c1-3-18(4-2)22(20,21)14-7-5-13(6-8-14)15(19)17-11-12-9-16-10-12/h5-8,12,16H,3-4,9-11H2,1-2H3,(H,17,19). The van der Waals surface area contributed by atoms with E-state index >= 15 is 0 Å². The first-order valence-corrected chi connectivity index (χ1v) is 9.02. The van der Waals surface area contributed by atoms with Crippen LogP contribution in [0.3, 0.4) is 0 Å². The Morgan fingerprint density at radius 2 is 1.82 bits per heavy atom. The lowest BCUT2D eigenvalue weighted by molar-refractivity contribution is 0.0942. The van der Waals surface area contributed by atoms with Crippen molar-refractivity contribution in [1.29, 1.82) is 0 Å². The third kappa shape index (κ3) is 3.66. The van der Waals surface area contributed by atoms with Gasteiger partial charge in [-0.05, 0) is 24.3 Å². The van der Waals surface area contributed by atoms with E-state index in [0.29, 0.717) is 31.1 Å². The lowest BCUT2D eigenvalue weighted by atomic mass is 10.0. The number of nitrogens with zero attached hydrogens (tertiary/aromatic N) is 1. The summed E-state index contributed by atoms with van der Waals surface area (Å²) < 4.78 is 26.1. The zero-order valence-corrected chi connectivity index (χ0v) is 13.8. The monoisotopic (exact) mass is 325 g/mol. The predicted octanol–water partition coefficient (Wildman–Crippen LogP) is 0.666. The number of carbonyl (C=O) groups excluding carboxylic acids is 1. The Bertz CT molecular complexity index is 605. The Hall–Kier alpha value is -1.44. The topological polar surface area (TPSA) is 78.5 Å². The molecule has 0 aromatic heterocycles. The van der Waals surface area contributed by atoms with Gasteiger partial charge in [-0.1, -0.05) is 13.8 Å². The first-order chi connectivity index (χ1) is 10.5. The largest absolute Gasteiger partial charge is 0.352 e. The quantitative estimate of drug-likeness (QED) is 0.772. The second-order valence-corrected chi connectivity index (χ2v) is 7.29. The van der Waals surface area contributed by atoms with Crippen LogP contribution in [0.5, 0.6) is 0 Å². The van der Waals surface area contributed by atoms with Crippen molar-refractivity contribution in [1.82, 2.24) is 14.9 Å². The van der Waals surface area contributed by atoms with E-state index in [1.54, 1.807) is 26.0 Å². The summed E-state index contributed by atoms with van der Waals surface area (Å²) in [5.74, 6) is 0.324. The lowest BCUT2D eigenvalue weighted by Crippen LogP contribution is -2.48. The first kappa shape index (κ1) is 16.9. The molecule has 1 aliphatic heterocycles. The van der Waals surface area contributed by atoms with Crippen LogP contribution in [0.2, 0.25) is 0 Å². The average molecular weight is 325 g/mol. The third-order valence-electron chi connectivity index (χ3n) is 3.88. The zero-order valence-electron chi connectivity index (χ0n) is 13.0. The van der Waals surface area contributed by atoms with Crippen LogP contribution in [-0.2, 0) is 10.0 Å². The Kier molecular flexibility index (Phi) is 5.55. The van der Waals surface area contributed by atoms with E-state index in [1.807, 2.05) is 0 Å². The predicted molar refractivity (Wildman–Crippen MR) is 85.2 cm³/mol. The smallest absolute Gasteiger partial charge is 0.251 e. The highest BCUT2D eigenvalue weighted by molar-refractivity contribution is 7.89. The van der Waals surface area contributed by atoms with Crippen molar-refractivity contribution in [2.75, 3.05) is 32.7 Å². The highest BCUT2D eigenvalue weighted by Crippen LogP contribution is 2.16. The number of sulfonamides is 1. The van der Waals surface area contributed by atoms with E-state index in [0.717, 1.165) is 13.1 Å². The summed E-state index contributed by atoms with van der Waals surface area (Å²) in [4.78, 5) is 12.2. The molecule has 0 atom stereocenters. The number of hydrogen-bond acceptors (Lipinski definition) is 4. The minimum absolute atomic E-state index is 0.168. The molecule has 0 radical (unpaired) electrons. The van der Waals surface area contributed by atoms with Gasteiger partial charge in [-0.15, -0.1) is 0 Å². The number of nitrogens with one attached hydrogen (secondary N) is 2. The van der Waals surface area contributed by atoms with Gasteiger partial charge in [-0.2, -0.15) is 4.31 Å². The van der Waals surface area contributed by atoms with Gasteiger partial charge in [0.2, 0.25) is 10.0 Å². The van der Waals surface area contributed by atoms with Crippen molar-refractivity contribution in [2.45, 2.75) is 18.7 Å². The summed E-state index contributed by atoms with van der Waals surface area (Å²) in [6, 6.07) is 6.11. The van der Waals surface area contributed by atoms with Crippen molar-refractivity contribution >= 4 is 15.9 Å². The molecule has 122 valence electrons. The molecule has 22 heavy (non-hydrogen) atoms. The van der Waals surface area contributed by atoms with E-state index in [2.05, 4.69) is 10.6 Å². The fourth-order valence-corrected chi connectivity index (χ4v) is 3.78. The van der Waals surface area contributed by atoms with Crippen LogP contribution >= 0.6 is 0 Å². The van der Waals surface area contributed by atoms with Crippen molar-refractivity contribution in [3.63, 3.8) is 0 Å². The molecule has 1 aromatic rings. The molecule has 1 heterocycles. The number of carbonyl (C=O) groups is 1. The van der Waals surface area contributed by atoms with Crippen LogP contribution in [0.4, 0.5) is 0 Å². The molecule has 0 unspecified atom stereocenters. The van der Waals surface area contributed by atoms with E-state index in [4.69, 9.17) is 0 Å². The minimum Gasteiger partial charge on any atom is -0.352 e. The molecule has 0 bridgehead atoms. The Morgan fingerprint density at radius 3 is 2.27 bits per heavy atom. The van der Waals surface area contributed by atoms with Crippen LogP contribution in [0.15, 0.2) is 29.2 Å². The SMILES string of the molecule is CCN(CC)S(=O)(=O)c1ccc(C(=O)NCC2CNC2)cc1. The van der Waals surface area contributed by atoms with Crippen LogP contribution in [0.25, 0.3) is 0 Å². The summed E-state index contributed by atoms with van der Waals surface area (Å²) in [5, 5.41) is 6.01. The summed E-state index contributed by atoms with van der Waals surface area (Å²) in [6.45, 7) is 6.97. The zero-order chi connectivity index (χ0) is 16.2. The molecule has 0 aliphatic carbocycles. The molecule has 1 fully saturated rings. The maximum Gasteiger partial charge on any atom is 0.251 e. The van der Waals surface area contributed by atoms with Gasteiger partial charge < -0.3 is 10.6 Å². The van der Waals surface area contributed by atoms with Crippen LogP contribution in [-0.4, -0.2) is 51.4 Å². The molecule has 6 nitrogen and oxygen atoms in total. The maximum atomic E-state index is 12.4. The van der Waals surface area contributed by atoms with E-state index < -0.39 is 10.0 Å². The second-order valence-electron chi connectivity index (χ2n) is 5.35. The summed E-state index contributed by atoms with van der Waals surface area (Å²) in [5.41, 5.74) is 0.478. The summed E-state index contributed by atoms with van der Waals surface area (Å²) in [7, 11) is -3.47. The van der Waals surface area contributed by atoms with Gasteiger partial charge >= 0.3 is 0 Å². The van der Waals surface area contributed by atoms with Crippen molar-refractivity contribution < 1.29 is 13.2 Å². The molecule has 0 spiro atoms. The molecule has 2 N–H and O–H groups in total. The Labute approximate surface area is 131 Å². The average Bonchev–Trinajstić information content (AvgIpc) is 2.46. The number of benzene rings is 1. The van der Waals surface area contributed by atoms with Crippen molar-refractivity contribution in [3.8, 4) is 0 Å². The van der Waals surface area contributed by atoms with Crippen molar-refractivity contribution in [3.05, 3.63) is 29.8 Å². The molecule has 1 aromatic carbocycles. The van der Waals surface area contributed by atoms with Gasteiger partial charge in [0.15, 0.2) is 0 Å². The summed E-state index contributed by atoms with van der Waals surface area (Å²) in [6.07, 6.45) is 0. The highest BCUT2D eigenvalue weighted by Gasteiger charge is 2.22. The molecule has 7 heteroatoms. The van der Waals surface area contributed by atoms with Crippen molar-refractivity contribution in [2.24, 2.45) is 5.92 Å². The highest BCUT2D eigenvalue weighted by atomic mass is 32.2. The fourth-order valence-electron chi connectivity index (χ4n) is 2.32. The van der Waals surface area contributed by atoms with Gasteiger partial charge in [0.1, 0.15) is 0 Å². The van der Waals surface area contributed by atoms with E-state index in [1.165, 1.54) is 16.4 Å². The molecular weight excluding hydrogens is 302 g/mol. The van der Waals surface area contributed by atoms with Gasteiger partial charge in [0, 0.05) is 44.2 Å². The normalized spacial score (nSPS) is 15.6. The van der Waals surface area contributed by atoms with E-state index in [-0.39, 0.29) is 10.8 Å². The number of hydrogen-bond donors (Lipinski definition) is 2. The van der Waals surface area contributed by atoms with E-state index in [9.17, 15) is 13.2 Å². The molecule has 2 rings (SSSR count). The van der Waals surface area contributed by atoms with Gasteiger partial charge in [-0.25, -0.2) is 8.42 Å². The molecule has 1 aliphatic rings. The number of amides is 1. The van der Waals surface area contributed by atoms with Gasteiger partial charge in [0.05, 0.1) is 4.90 Å². The fraction of sp³-hybridized carbons (Fsp3) is 0.533. The molecular formula is C15H23N3O3S. The lowest BCUT2D eigenvalue weighted by Gasteiger charge is -2.27. The minimum atomic E-state index is -3.47. The van der Waals surface area contributed by atoms with Crippen LogP contribution in [0.1, 0.15) is 24.2 Å². The van der Waals surface area contributed by atoms with Crippen LogP contribution in [0, 0.1) is 5.92 Å².